The van der Waals surface area contributed by atoms with Gasteiger partial charge in [0.2, 0.25) is 21.5 Å². The molecule has 0 saturated heterocycles. The molecule has 132 valence electrons. The smallest absolute Gasteiger partial charge is 0.266 e. The lowest BCUT2D eigenvalue weighted by molar-refractivity contribution is 0.104. The van der Waals surface area contributed by atoms with Crippen LogP contribution < -0.4 is 0 Å². The van der Waals surface area contributed by atoms with Crippen LogP contribution in [0.3, 0.4) is 0 Å². The van der Waals surface area contributed by atoms with Crippen molar-refractivity contribution in [2.45, 2.75) is 4.90 Å². The molecule has 2 aromatic carbocycles. The maximum atomic E-state index is 12.6. The maximum Gasteiger partial charge on any atom is 0.266 e. The van der Waals surface area contributed by atoms with Crippen molar-refractivity contribution in [1.29, 1.82) is 0 Å². The molecular weight excluding hydrogens is 366 g/mol. The van der Waals surface area contributed by atoms with Gasteiger partial charge in [-0.1, -0.05) is 42.5 Å². The molecule has 0 radical (unpaired) electrons. The van der Waals surface area contributed by atoms with E-state index in [1.807, 2.05) is 30.3 Å². The second-order valence-corrected chi connectivity index (χ2v) is 7.92. The molecule has 6 nitrogen and oxygen atoms in total. The van der Waals surface area contributed by atoms with Gasteiger partial charge in [-0.05, 0) is 12.1 Å². The Kier molecular flexibility index (Phi) is 3.23. The number of oxazole rings is 1. The highest BCUT2D eigenvalue weighted by Crippen LogP contribution is 2.35. The monoisotopic (exact) mass is 377 g/mol. The zero-order valence-corrected chi connectivity index (χ0v) is 14.6. The molecule has 0 bridgehead atoms. The Morgan fingerprint density at radius 1 is 0.926 bits per heavy atom. The molecule has 5 rings (SSSR count). The zero-order valence-electron chi connectivity index (χ0n) is 13.7. The molecule has 0 atom stereocenters. The van der Waals surface area contributed by atoms with E-state index in [1.54, 1.807) is 18.2 Å². The number of fused-ring (bicyclic) bond motifs is 2. The summed E-state index contributed by atoms with van der Waals surface area (Å²) in [5.74, 6) is 0.0292. The van der Waals surface area contributed by atoms with Crippen LogP contribution in [0.2, 0.25) is 0 Å². The molecule has 0 aliphatic carbocycles. The van der Waals surface area contributed by atoms with Crippen LogP contribution in [0.5, 0.6) is 0 Å². The molecule has 7 heteroatoms. The number of sulfone groups is 1. The highest BCUT2D eigenvalue weighted by molar-refractivity contribution is 7.97. The minimum absolute atomic E-state index is 0.00265. The molecule has 3 heterocycles. The second-order valence-electron chi connectivity index (χ2n) is 6.04. The fourth-order valence-electron chi connectivity index (χ4n) is 3.07. The van der Waals surface area contributed by atoms with Crippen molar-refractivity contribution < 1.29 is 22.0 Å². The first kappa shape index (κ1) is 15.8. The second kappa shape index (κ2) is 5.52. The Morgan fingerprint density at radius 3 is 2.41 bits per heavy atom. The predicted octanol–water partition coefficient (Wildman–Crippen LogP) is 4.10. The summed E-state index contributed by atoms with van der Waals surface area (Å²) in [4.78, 5) is 16.3. The average molecular weight is 377 g/mol. The first-order chi connectivity index (χ1) is 13.0. The van der Waals surface area contributed by atoms with Crippen LogP contribution in [0, 0.1) is 0 Å². The van der Waals surface area contributed by atoms with E-state index in [4.69, 9.17) is 8.83 Å². The van der Waals surface area contributed by atoms with Gasteiger partial charge in [0.1, 0.15) is 10.7 Å². The molecule has 0 spiro atoms. The molecule has 0 amide bonds. The van der Waals surface area contributed by atoms with Crippen molar-refractivity contribution in [2.75, 3.05) is 0 Å². The minimum atomic E-state index is -3.88. The number of aromatic nitrogens is 1. The lowest BCUT2D eigenvalue weighted by Crippen LogP contribution is -2.02. The molecule has 0 saturated carbocycles. The fourth-order valence-corrected chi connectivity index (χ4v) is 4.63. The SMILES string of the molecule is O=C1/C(=C\c2nc3oc(-c4ccccc4)cc3o2)S(=O)(=O)c2ccccc21. The van der Waals surface area contributed by atoms with Crippen LogP contribution in [0.1, 0.15) is 16.2 Å². The molecule has 4 aromatic rings. The van der Waals surface area contributed by atoms with E-state index >= 15 is 0 Å². The number of ketones is 1. The Balaban J connectivity index is 1.57. The van der Waals surface area contributed by atoms with Gasteiger partial charge in [-0.25, -0.2) is 8.42 Å². The van der Waals surface area contributed by atoms with Crippen molar-refractivity contribution in [2.24, 2.45) is 0 Å². The molecule has 0 N–H and O–H groups in total. The largest absolute Gasteiger partial charge is 0.435 e. The van der Waals surface area contributed by atoms with E-state index < -0.39 is 15.6 Å². The van der Waals surface area contributed by atoms with E-state index in [9.17, 15) is 13.2 Å². The Hall–Kier alpha value is -3.45. The number of carbonyl (C=O) groups excluding carboxylic acids is 1. The maximum absolute atomic E-state index is 12.6. The van der Waals surface area contributed by atoms with Crippen LogP contribution in [0.4, 0.5) is 0 Å². The molecule has 2 aromatic heterocycles. The standard InChI is InChI=1S/C20H11NO5S/c22-19-13-8-4-5-9-16(13)27(23,24)17(19)11-18-21-20-15(25-18)10-14(26-20)12-6-2-1-3-7-12/h1-11H/b17-11+. The molecule has 1 aliphatic heterocycles. The number of nitrogens with zero attached hydrogens (tertiary/aromatic N) is 1. The predicted molar refractivity (Wildman–Crippen MR) is 97.6 cm³/mol. The first-order valence-corrected chi connectivity index (χ1v) is 9.59. The number of furan rings is 1. The van der Waals surface area contributed by atoms with Gasteiger partial charge in [-0.15, -0.1) is 0 Å². The first-order valence-electron chi connectivity index (χ1n) is 8.10. The van der Waals surface area contributed by atoms with Gasteiger partial charge in [-0.3, -0.25) is 4.79 Å². The van der Waals surface area contributed by atoms with Gasteiger partial charge in [-0.2, -0.15) is 4.98 Å². The molecular formula is C20H11NO5S. The normalized spacial score (nSPS) is 16.9. The van der Waals surface area contributed by atoms with Crippen LogP contribution in [0.25, 0.3) is 28.7 Å². The highest BCUT2D eigenvalue weighted by Gasteiger charge is 2.39. The van der Waals surface area contributed by atoms with Gasteiger partial charge in [0.05, 0.1) is 4.90 Å². The summed E-state index contributed by atoms with van der Waals surface area (Å²) in [6, 6.07) is 17.2. The van der Waals surface area contributed by atoms with Gasteiger partial charge in [0.15, 0.2) is 5.58 Å². The third-order valence-electron chi connectivity index (χ3n) is 4.35. The fraction of sp³-hybridized carbons (Fsp3) is 0. The van der Waals surface area contributed by atoms with Crippen molar-refractivity contribution >= 4 is 33.0 Å². The Labute approximate surface area is 153 Å². The van der Waals surface area contributed by atoms with E-state index in [1.165, 1.54) is 12.1 Å². The van der Waals surface area contributed by atoms with Gasteiger partial charge in [0, 0.05) is 23.3 Å². The average Bonchev–Trinajstić information content (AvgIpc) is 3.29. The van der Waals surface area contributed by atoms with E-state index in [2.05, 4.69) is 4.98 Å². The van der Waals surface area contributed by atoms with Crippen LogP contribution in [-0.4, -0.2) is 19.2 Å². The van der Waals surface area contributed by atoms with Crippen molar-refractivity contribution in [3.8, 4) is 11.3 Å². The minimum Gasteiger partial charge on any atom is -0.435 e. The molecule has 0 unspecified atom stereocenters. The number of rotatable bonds is 2. The van der Waals surface area contributed by atoms with Crippen LogP contribution in [-0.2, 0) is 9.84 Å². The third kappa shape index (κ3) is 2.36. The van der Waals surface area contributed by atoms with Crippen molar-refractivity contribution in [3.63, 3.8) is 0 Å². The summed E-state index contributed by atoms with van der Waals surface area (Å²) in [6.45, 7) is 0. The van der Waals surface area contributed by atoms with Gasteiger partial charge >= 0.3 is 0 Å². The number of allylic oxidation sites excluding steroid dienone is 1. The number of hydrogen-bond acceptors (Lipinski definition) is 6. The Bertz CT molecular complexity index is 1310. The van der Waals surface area contributed by atoms with Gasteiger partial charge in [0.25, 0.3) is 5.71 Å². The number of benzene rings is 2. The lowest BCUT2D eigenvalue weighted by atomic mass is 10.1. The summed E-state index contributed by atoms with van der Waals surface area (Å²) in [5.41, 5.74) is 1.64. The van der Waals surface area contributed by atoms with Crippen molar-refractivity contribution in [1.82, 2.24) is 4.98 Å². The number of hydrogen-bond donors (Lipinski definition) is 0. The molecule has 27 heavy (non-hydrogen) atoms. The van der Waals surface area contributed by atoms with Gasteiger partial charge < -0.3 is 8.83 Å². The lowest BCUT2D eigenvalue weighted by Gasteiger charge is -1.95. The topological polar surface area (TPSA) is 90.4 Å². The van der Waals surface area contributed by atoms with E-state index in [0.717, 1.165) is 11.6 Å². The molecule has 0 fully saturated rings. The third-order valence-corrected chi connectivity index (χ3v) is 6.17. The summed E-state index contributed by atoms with van der Waals surface area (Å²) < 4.78 is 36.5. The number of Topliss-reactive ketones (excluding diaryl/α,β-unsaturated/α-hetero) is 1. The summed E-state index contributed by atoms with van der Waals surface area (Å²) >= 11 is 0. The van der Waals surface area contributed by atoms with Crippen LogP contribution >= 0.6 is 0 Å². The van der Waals surface area contributed by atoms with E-state index in [-0.39, 0.29) is 27.0 Å². The molecule has 1 aliphatic rings. The highest BCUT2D eigenvalue weighted by atomic mass is 32.2. The van der Waals surface area contributed by atoms with E-state index in [0.29, 0.717) is 11.3 Å². The zero-order chi connectivity index (χ0) is 18.6. The van der Waals surface area contributed by atoms with Crippen molar-refractivity contribution in [3.05, 3.63) is 77.0 Å². The summed E-state index contributed by atoms with van der Waals surface area (Å²) in [6.07, 6.45) is 1.15. The summed E-state index contributed by atoms with van der Waals surface area (Å²) in [7, 11) is -3.88. The quantitative estimate of drug-likeness (QED) is 0.489. The number of carbonyl (C=O) groups is 1. The summed E-state index contributed by atoms with van der Waals surface area (Å²) in [5, 5.41) is 0. The van der Waals surface area contributed by atoms with Crippen LogP contribution in [0.15, 0.2) is 79.3 Å². The Morgan fingerprint density at radius 2 is 1.67 bits per heavy atom.